The zero-order valence-electron chi connectivity index (χ0n) is 14.6. The van der Waals surface area contributed by atoms with E-state index in [2.05, 4.69) is 10.6 Å². The Labute approximate surface area is 152 Å². The highest BCUT2D eigenvalue weighted by Gasteiger charge is 2.35. The molecule has 7 heteroatoms. The van der Waals surface area contributed by atoms with Gasteiger partial charge in [0.1, 0.15) is 6.54 Å². The number of carbonyl (C=O) groups excluding carboxylic acids is 2. The van der Waals surface area contributed by atoms with E-state index in [0.717, 1.165) is 35.7 Å². The Morgan fingerprint density at radius 2 is 1.96 bits per heavy atom. The number of carbonyl (C=O) groups is 2. The maximum atomic E-state index is 12.5. The van der Waals surface area contributed by atoms with Crippen LogP contribution >= 0.6 is 11.8 Å². The third kappa shape index (κ3) is 4.16. The zero-order chi connectivity index (χ0) is 17.8. The van der Waals surface area contributed by atoms with Crippen LogP contribution in [0.3, 0.4) is 0 Å². The standard InChI is InChI=1S/C18H23N3O3S/c1-12-3-5-13(6-4-12)16-15(17(22)24-2)14(19-18(23)20-16)11-21-7-9-25-10-8-21/h3-6,16H,7-11H2,1-2H3,(H2,19,20,23)/p+1/t16-/m1/s1. The van der Waals surface area contributed by atoms with Gasteiger partial charge in [-0.05, 0) is 12.5 Å². The van der Waals surface area contributed by atoms with Crippen molar-refractivity contribution in [2.75, 3.05) is 38.2 Å². The summed E-state index contributed by atoms with van der Waals surface area (Å²) in [5.41, 5.74) is 3.17. The van der Waals surface area contributed by atoms with Gasteiger partial charge in [-0.25, -0.2) is 9.59 Å². The smallest absolute Gasteiger partial charge is 0.338 e. The van der Waals surface area contributed by atoms with Crippen molar-refractivity contribution >= 4 is 23.8 Å². The fourth-order valence-corrected chi connectivity index (χ4v) is 4.27. The van der Waals surface area contributed by atoms with Gasteiger partial charge < -0.3 is 20.3 Å². The summed E-state index contributed by atoms with van der Waals surface area (Å²) in [5.74, 6) is 1.80. The molecule has 134 valence electrons. The van der Waals surface area contributed by atoms with E-state index in [1.165, 1.54) is 12.0 Å². The minimum atomic E-state index is -0.490. The molecule has 0 unspecified atom stereocenters. The van der Waals surface area contributed by atoms with Crippen LogP contribution < -0.4 is 15.5 Å². The molecule has 0 spiro atoms. The molecule has 25 heavy (non-hydrogen) atoms. The van der Waals surface area contributed by atoms with Gasteiger partial charge in [-0.3, -0.25) is 0 Å². The number of thioether (sulfide) groups is 1. The summed E-state index contributed by atoms with van der Waals surface area (Å²) in [4.78, 5) is 26.1. The molecule has 6 nitrogen and oxygen atoms in total. The molecule has 3 rings (SSSR count). The topological polar surface area (TPSA) is 71.9 Å². The van der Waals surface area contributed by atoms with E-state index in [0.29, 0.717) is 17.8 Å². The fraction of sp³-hybridized carbons (Fsp3) is 0.444. The number of hydrogen-bond donors (Lipinski definition) is 3. The summed E-state index contributed by atoms with van der Waals surface area (Å²) in [6.45, 7) is 4.69. The fourth-order valence-electron chi connectivity index (χ4n) is 3.20. The van der Waals surface area contributed by atoms with Crippen LogP contribution in [0.15, 0.2) is 35.5 Å². The first kappa shape index (κ1) is 17.8. The lowest BCUT2D eigenvalue weighted by molar-refractivity contribution is -0.891. The number of amides is 2. The van der Waals surface area contributed by atoms with Gasteiger partial charge in [-0.1, -0.05) is 29.8 Å². The maximum absolute atomic E-state index is 12.5. The summed E-state index contributed by atoms with van der Waals surface area (Å²) in [6, 6.07) is 7.07. The number of urea groups is 1. The van der Waals surface area contributed by atoms with Gasteiger partial charge >= 0.3 is 12.0 Å². The van der Waals surface area contributed by atoms with E-state index in [4.69, 9.17) is 4.74 Å². The number of rotatable bonds is 4. The monoisotopic (exact) mass is 362 g/mol. The van der Waals surface area contributed by atoms with Crippen LogP contribution in [0.2, 0.25) is 0 Å². The SMILES string of the molecule is COC(=O)C1=C(C[NH+]2CCSCC2)NC(=O)N[C@@H]1c1ccc(C)cc1. The third-order valence-electron chi connectivity index (χ3n) is 4.60. The Kier molecular flexibility index (Phi) is 5.65. The van der Waals surface area contributed by atoms with Gasteiger partial charge in [0.2, 0.25) is 0 Å². The second-order valence-electron chi connectivity index (χ2n) is 6.37. The Hall–Kier alpha value is -1.99. The number of ether oxygens (including phenoxy) is 1. The summed E-state index contributed by atoms with van der Waals surface area (Å²) >= 11 is 1.94. The van der Waals surface area contributed by atoms with Crippen molar-refractivity contribution < 1.29 is 19.2 Å². The summed E-state index contributed by atoms with van der Waals surface area (Å²) in [7, 11) is 1.37. The van der Waals surface area contributed by atoms with Gasteiger partial charge in [-0.15, -0.1) is 0 Å². The highest BCUT2D eigenvalue weighted by molar-refractivity contribution is 7.99. The molecule has 0 radical (unpaired) electrons. The minimum Gasteiger partial charge on any atom is -0.466 e. The van der Waals surface area contributed by atoms with Crippen LogP contribution in [0, 0.1) is 6.92 Å². The number of aryl methyl sites for hydroxylation is 1. The van der Waals surface area contributed by atoms with Crippen molar-refractivity contribution in [2.45, 2.75) is 13.0 Å². The lowest BCUT2D eigenvalue weighted by Crippen LogP contribution is -3.14. The quantitative estimate of drug-likeness (QED) is 0.679. The van der Waals surface area contributed by atoms with Crippen molar-refractivity contribution in [1.82, 2.24) is 10.6 Å². The Morgan fingerprint density at radius 1 is 1.28 bits per heavy atom. The molecule has 0 saturated carbocycles. The van der Waals surface area contributed by atoms with Gasteiger partial charge in [0.05, 0.1) is 37.5 Å². The zero-order valence-corrected chi connectivity index (χ0v) is 15.4. The highest BCUT2D eigenvalue weighted by atomic mass is 32.2. The Morgan fingerprint density at radius 3 is 2.60 bits per heavy atom. The molecule has 0 aromatic heterocycles. The molecule has 2 amide bonds. The normalized spacial score (nSPS) is 21.5. The average molecular weight is 362 g/mol. The van der Waals surface area contributed by atoms with Crippen molar-refractivity contribution in [3.63, 3.8) is 0 Å². The molecule has 1 saturated heterocycles. The molecule has 1 fully saturated rings. The van der Waals surface area contributed by atoms with Crippen molar-refractivity contribution in [2.24, 2.45) is 0 Å². The molecule has 1 aromatic rings. The number of benzene rings is 1. The molecule has 0 bridgehead atoms. The molecule has 2 aliphatic heterocycles. The van der Waals surface area contributed by atoms with E-state index < -0.39 is 12.0 Å². The van der Waals surface area contributed by atoms with E-state index in [9.17, 15) is 9.59 Å². The summed E-state index contributed by atoms with van der Waals surface area (Å²) in [6.07, 6.45) is 0. The minimum absolute atomic E-state index is 0.279. The van der Waals surface area contributed by atoms with Gasteiger partial charge in [0.25, 0.3) is 0 Å². The number of nitrogens with one attached hydrogen (secondary N) is 3. The van der Waals surface area contributed by atoms with Crippen LogP contribution in [0.25, 0.3) is 0 Å². The van der Waals surface area contributed by atoms with Crippen LogP contribution in [-0.4, -0.2) is 50.3 Å². The first-order chi connectivity index (χ1) is 12.1. The van der Waals surface area contributed by atoms with E-state index in [1.807, 2.05) is 43.0 Å². The summed E-state index contributed by atoms with van der Waals surface area (Å²) < 4.78 is 5.02. The molecule has 2 aliphatic rings. The lowest BCUT2D eigenvalue weighted by atomic mass is 9.94. The van der Waals surface area contributed by atoms with E-state index in [-0.39, 0.29) is 6.03 Å². The molecule has 1 atom stereocenters. The van der Waals surface area contributed by atoms with Crippen LogP contribution in [-0.2, 0) is 9.53 Å². The maximum Gasteiger partial charge on any atom is 0.338 e. The lowest BCUT2D eigenvalue weighted by Gasteiger charge is -2.31. The van der Waals surface area contributed by atoms with Crippen molar-refractivity contribution in [3.8, 4) is 0 Å². The molecule has 1 aromatic carbocycles. The molecule has 3 N–H and O–H groups in total. The molecule has 2 heterocycles. The molecule has 0 aliphatic carbocycles. The van der Waals surface area contributed by atoms with Gasteiger partial charge in [0, 0.05) is 11.5 Å². The highest BCUT2D eigenvalue weighted by Crippen LogP contribution is 2.27. The predicted octanol–water partition coefficient (Wildman–Crippen LogP) is 0.408. The van der Waals surface area contributed by atoms with Crippen LogP contribution in [0.5, 0.6) is 0 Å². The van der Waals surface area contributed by atoms with Gasteiger partial charge in [-0.2, -0.15) is 11.8 Å². The van der Waals surface area contributed by atoms with E-state index in [1.54, 1.807) is 0 Å². The Balaban J connectivity index is 1.96. The van der Waals surface area contributed by atoms with Crippen molar-refractivity contribution in [1.29, 1.82) is 0 Å². The van der Waals surface area contributed by atoms with Crippen molar-refractivity contribution in [3.05, 3.63) is 46.7 Å². The Bertz CT molecular complexity index is 681. The second-order valence-corrected chi connectivity index (χ2v) is 7.59. The first-order valence-corrected chi connectivity index (χ1v) is 9.60. The summed E-state index contributed by atoms with van der Waals surface area (Å²) in [5, 5.41) is 5.70. The largest absolute Gasteiger partial charge is 0.466 e. The number of quaternary nitrogens is 1. The number of methoxy groups -OCH3 is 1. The van der Waals surface area contributed by atoms with E-state index >= 15 is 0 Å². The number of hydrogen-bond acceptors (Lipinski definition) is 4. The van der Waals surface area contributed by atoms with Crippen LogP contribution in [0.1, 0.15) is 17.2 Å². The number of esters is 1. The van der Waals surface area contributed by atoms with Crippen LogP contribution in [0.4, 0.5) is 4.79 Å². The van der Waals surface area contributed by atoms with Gasteiger partial charge in [0.15, 0.2) is 0 Å². The predicted molar refractivity (Wildman–Crippen MR) is 97.5 cm³/mol. The average Bonchev–Trinajstić information content (AvgIpc) is 2.62. The third-order valence-corrected chi connectivity index (χ3v) is 5.58. The molecular formula is C18H24N3O3S+. The molecular weight excluding hydrogens is 338 g/mol. The first-order valence-electron chi connectivity index (χ1n) is 8.45. The second kappa shape index (κ2) is 7.93.